The summed E-state index contributed by atoms with van der Waals surface area (Å²) in [5.74, 6) is 0. The molecular formula is C11H16NO+. The van der Waals surface area contributed by atoms with Crippen molar-refractivity contribution in [3.8, 4) is 0 Å². The predicted molar refractivity (Wildman–Crippen MR) is 51.5 cm³/mol. The molecule has 0 spiro atoms. The largest absolute Gasteiger partial charge is 0.387 e. The van der Waals surface area contributed by atoms with Crippen molar-refractivity contribution in [1.29, 1.82) is 0 Å². The molecule has 1 aliphatic rings. The van der Waals surface area contributed by atoms with Crippen LogP contribution < -0.4 is 4.90 Å². The summed E-state index contributed by atoms with van der Waals surface area (Å²) in [6.45, 7) is 3.07. The van der Waals surface area contributed by atoms with E-state index < -0.39 is 0 Å². The van der Waals surface area contributed by atoms with Gasteiger partial charge in [-0.1, -0.05) is 30.3 Å². The average molecular weight is 178 g/mol. The van der Waals surface area contributed by atoms with E-state index in [9.17, 15) is 5.11 Å². The number of rotatable bonds is 2. The van der Waals surface area contributed by atoms with Gasteiger partial charge in [-0.25, -0.2) is 0 Å². The highest BCUT2D eigenvalue weighted by atomic mass is 16.3. The molecule has 1 aromatic rings. The third kappa shape index (κ3) is 2.29. The molecule has 0 bridgehead atoms. The Labute approximate surface area is 78.8 Å². The Bertz CT molecular complexity index is 260. The molecule has 13 heavy (non-hydrogen) atoms. The van der Waals surface area contributed by atoms with Crippen molar-refractivity contribution in [2.45, 2.75) is 19.1 Å². The molecule has 0 aromatic heterocycles. The van der Waals surface area contributed by atoms with Crippen LogP contribution in [0.25, 0.3) is 0 Å². The van der Waals surface area contributed by atoms with Gasteiger partial charge < -0.3 is 10.0 Å². The van der Waals surface area contributed by atoms with Crippen LogP contribution in [0.15, 0.2) is 30.3 Å². The summed E-state index contributed by atoms with van der Waals surface area (Å²) in [6, 6.07) is 10.5. The summed E-state index contributed by atoms with van der Waals surface area (Å²) in [4.78, 5) is 1.50. The first-order valence-electron chi connectivity index (χ1n) is 4.90. The number of benzene rings is 1. The first-order valence-corrected chi connectivity index (χ1v) is 4.90. The van der Waals surface area contributed by atoms with Crippen molar-refractivity contribution in [1.82, 2.24) is 0 Å². The number of quaternary nitrogens is 1. The molecule has 1 aliphatic heterocycles. The van der Waals surface area contributed by atoms with Gasteiger partial charge in [-0.3, -0.25) is 0 Å². The molecule has 2 heteroatoms. The molecule has 1 unspecified atom stereocenters. The molecular weight excluding hydrogens is 162 g/mol. The zero-order valence-electron chi connectivity index (χ0n) is 7.74. The molecule has 0 radical (unpaired) electrons. The van der Waals surface area contributed by atoms with E-state index in [-0.39, 0.29) is 6.10 Å². The van der Waals surface area contributed by atoms with Crippen molar-refractivity contribution in [2.24, 2.45) is 0 Å². The molecule has 0 amide bonds. The SMILES string of the molecule is O[C@@H]1CC[NH+](Cc2ccccc2)C1. The molecule has 0 saturated carbocycles. The highest BCUT2D eigenvalue weighted by Gasteiger charge is 2.23. The van der Waals surface area contributed by atoms with Gasteiger partial charge in [-0.05, 0) is 0 Å². The monoisotopic (exact) mass is 178 g/mol. The van der Waals surface area contributed by atoms with E-state index >= 15 is 0 Å². The van der Waals surface area contributed by atoms with Crippen molar-refractivity contribution in [2.75, 3.05) is 13.1 Å². The van der Waals surface area contributed by atoms with Gasteiger partial charge in [-0.2, -0.15) is 0 Å². The molecule has 2 N–H and O–H groups in total. The Morgan fingerprint density at radius 3 is 2.69 bits per heavy atom. The fourth-order valence-corrected chi connectivity index (χ4v) is 1.95. The summed E-state index contributed by atoms with van der Waals surface area (Å²) in [7, 11) is 0. The molecule has 1 heterocycles. The highest BCUT2D eigenvalue weighted by Crippen LogP contribution is 1.98. The fourth-order valence-electron chi connectivity index (χ4n) is 1.95. The molecule has 2 rings (SSSR count). The van der Waals surface area contributed by atoms with Gasteiger partial charge >= 0.3 is 0 Å². The lowest BCUT2D eigenvalue weighted by Gasteiger charge is -2.11. The van der Waals surface area contributed by atoms with Crippen LogP contribution >= 0.6 is 0 Å². The van der Waals surface area contributed by atoms with E-state index in [0.717, 1.165) is 26.1 Å². The lowest BCUT2D eigenvalue weighted by molar-refractivity contribution is -0.902. The van der Waals surface area contributed by atoms with Crippen molar-refractivity contribution in [3.05, 3.63) is 35.9 Å². The Morgan fingerprint density at radius 1 is 1.31 bits per heavy atom. The van der Waals surface area contributed by atoms with Gasteiger partial charge in [0.25, 0.3) is 0 Å². The second kappa shape index (κ2) is 3.90. The van der Waals surface area contributed by atoms with E-state index in [2.05, 4.69) is 24.3 Å². The van der Waals surface area contributed by atoms with Crippen molar-refractivity contribution in [3.63, 3.8) is 0 Å². The number of nitrogens with one attached hydrogen (secondary N) is 1. The standard InChI is InChI=1S/C11H15NO/c13-11-6-7-12(9-11)8-10-4-2-1-3-5-10/h1-5,11,13H,6-9H2/p+1/t11-/m1/s1. The van der Waals surface area contributed by atoms with Crippen LogP contribution in [0.1, 0.15) is 12.0 Å². The summed E-state index contributed by atoms with van der Waals surface area (Å²) in [5.41, 5.74) is 1.37. The highest BCUT2D eigenvalue weighted by molar-refractivity contribution is 5.13. The molecule has 0 aliphatic carbocycles. The van der Waals surface area contributed by atoms with Crippen LogP contribution in [-0.4, -0.2) is 24.3 Å². The van der Waals surface area contributed by atoms with Crippen molar-refractivity contribution >= 4 is 0 Å². The summed E-state index contributed by atoms with van der Waals surface area (Å²) in [6.07, 6.45) is 0.890. The number of hydrogen-bond acceptors (Lipinski definition) is 1. The van der Waals surface area contributed by atoms with Gasteiger partial charge in [0, 0.05) is 12.0 Å². The Hall–Kier alpha value is -0.860. The van der Waals surface area contributed by atoms with Crippen LogP contribution in [-0.2, 0) is 6.54 Å². The first kappa shape index (κ1) is 8.73. The van der Waals surface area contributed by atoms with E-state index in [1.54, 1.807) is 0 Å². The molecule has 70 valence electrons. The molecule has 1 saturated heterocycles. The van der Waals surface area contributed by atoms with E-state index in [1.807, 2.05) is 6.07 Å². The maximum absolute atomic E-state index is 9.36. The molecule has 1 fully saturated rings. The summed E-state index contributed by atoms with van der Waals surface area (Å²) < 4.78 is 0. The molecule has 2 nitrogen and oxygen atoms in total. The van der Waals surface area contributed by atoms with Crippen LogP contribution in [0.3, 0.4) is 0 Å². The summed E-state index contributed by atoms with van der Waals surface area (Å²) in [5, 5.41) is 9.36. The third-order valence-electron chi connectivity index (χ3n) is 2.65. The van der Waals surface area contributed by atoms with Crippen LogP contribution in [0.5, 0.6) is 0 Å². The quantitative estimate of drug-likeness (QED) is 0.646. The fraction of sp³-hybridized carbons (Fsp3) is 0.455. The Morgan fingerprint density at radius 2 is 2.08 bits per heavy atom. The third-order valence-corrected chi connectivity index (χ3v) is 2.65. The normalized spacial score (nSPS) is 27.8. The predicted octanol–water partition coefficient (Wildman–Crippen LogP) is -0.164. The van der Waals surface area contributed by atoms with Gasteiger partial charge in [0.1, 0.15) is 19.2 Å². The van der Waals surface area contributed by atoms with Crippen LogP contribution in [0, 0.1) is 0 Å². The van der Waals surface area contributed by atoms with E-state index in [0.29, 0.717) is 0 Å². The Kier molecular flexibility index (Phi) is 2.62. The number of aliphatic hydroxyl groups excluding tert-OH is 1. The van der Waals surface area contributed by atoms with Gasteiger partial charge in [0.05, 0.1) is 6.54 Å². The van der Waals surface area contributed by atoms with Gasteiger partial charge in [0.2, 0.25) is 0 Å². The number of aliphatic hydroxyl groups is 1. The topological polar surface area (TPSA) is 24.7 Å². The Balaban J connectivity index is 1.92. The molecule has 2 atom stereocenters. The zero-order chi connectivity index (χ0) is 9.10. The maximum Gasteiger partial charge on any atom is 0.108 e. The van der Waals surface area contributed by atoms with Crippen LogP contribution in [0.4, 0.5) is 0 Å². The minimum atomic E-state index is -0.0706. The second-order valence-corrected chi connectivity index (χ2v) is 3.81. The second-order valence-electron chi connectivity index (χ2n) is 3.81. The number of likely N-dealkylation sites (tertiary alicyclic amines) is 1. The summed E-state index contributed by atoms with van der Waals surface area (Å²) >= 11 is 0. The smallest absolute Gasteiger partial charge is 0.108 e. The zero-order valence-corrected chi connectivity index (χ0v) is 7.74. The minimum Gasteiger partial charge on any atom is -0.387 e. The van der Waals surface area contributed by atoms with Crippen LogP contribution in [0.2, 0.25) is 0 Å². The minimum absolute atomic E-state index is 0.0706. The van der Waals surface area contributed by atoms with Gasteiger partial charge in [-0.15, -0.1) is 0 Å². The lowest BCUT2D eigenvalue weighted by atomic mass is 10.2. The number of hydrogen-bond donors (Lipinski definition) is 2. The van der Waals surface area contributed by atoms with E-state index in [1.165, 1.54) is 10.5 Å². The first-order chi connectivity index (χ1) is 6.34. The maximum atomic E-state index is 9.36. The van der Waals surface area contributed by atoms with Gasteiger partial charge in [0.15, 0.2) is 0 Å². The molecule has 1 aromatic carbocycles. The van der Waals surface area contributed by atoms with E-state index in [4.69, 9.17) is 0 Å². The average Bonchev–Trinajstić information content (AvgIpc) is 2.53. The lowest BCUT2D eigenvalue weighted by Crippen LogP contribution is -3.09. The van der Waals surface area contributed by atoms with Crippen molar-refractivity contribution < 1.29 is 10.0 Å².